The van der Waals surface area contributed by atoms with Crippen LogP contribution in [-0.4, -0.2) is 219 Å². The Hall–Kier alpha value is -4.13. The number of allylic oxidation sites excluding steroid dienone is 12. The van der Waals surface area contributed by atoms with E-state index in [9.17, 15) is 80.8 Å². The highest BCUT2D eigenvalue weighted by Gasteiger charge is 2.52. The molecule has 4 aliphatic heterocycles. The van der Waals surface area contributed by atoms with E-state index in [0.717, 1.165) is 0 Å². The van der Waals surface area contributed by atoms with E-state index in [4.69, 9.17) is 34.2 Å². The first-order chi connectivity index (χ1) is 37.2. The quantitative estimate of drug-likeness (QED) is 0.131. The van der Waals surface area contributed by atoms with Crippen molar-refractivity contribution in [3.05, 3.63) is 85.1 Å². The van der Waals surface area contributed by atoms with Crippen molar-refractivity contribution in [1.29, 1.82) is 0 Å². The average Bonchev–Trinajstić information content (AvgIpc) is 3.40. The Morgan fingerprint density at radius 2 is 1.27 bits per heavy atom. The zero-order valence-corrected chi connectivity index (χ0v) is 45.3. The summed E-state index contributed by atoms with van der Waals surface area (Å²) >= 11 is 0. The molecule has 0 aromatic rings. The van der Waals surface area contributed by atoms with Gasteiger partial charge in [0.2, 0.25) is 5.91 Å². The molecule has 24 nitrogen and oxygen atoms in total. The van der Waals surface area contributed by atoms with E-state index in [1.165, 1.54) is 19.9 Å². The first kappa shape index (κ1) is 67.4. The smallest absolute Gasteiger partial charge is 0.311 e. The predicted molar refractivity (Wildman–Crippen MR) is 281 cm³/mol. The summed E-state index contributed by atoms with van der Waals surface area (Å²) < 4.78 is 35.8. The molecular formula is C55H86N2O22. The summed E-state index contributed by atoms with van der Waals surface area (Å²) in [5, 5.41) is 143. The monoisotopic (exact) mass is 1130 g/mol. The molecule has 0 aliphatic carbocycles. The van der Waals surface area contributed by atoms with Crippen LogP contribution in [0.15, 0.2) is 85.1 Å². The number of aliphatic carboxylic acids is 1. The maximum absolute atomic E-state index is 13.2. The minimum Gasteiger partial charge on any atom is -0.481 e. The van der Waals surface area contributed by atoms with Crippen LogP contribution < -0.4 is 11.1 Å². The van der Waals surface area contributed by atoms with Crippen LogP contribution in [0.2, 0.25) is 0 Å². The van der Waals surface area contributed by atoms with Gasteiger partial charge in [-0.15, -0.1) is 0 Å². The molecule has 0 aromatic heterocycles. The molecule has 4 aliphatic rings. The van der Waals surface area contributed by atoms with Gasteiger partial charge in [0.25, 0.3) is 0 Å². The molecule has 16 N–H and O–H groups in total. The number of cyclic esters (lactones) is 1. The SMILES string of the molecule is CC(=O)N[C@H]1C(O[C@H]2[C@@H](C)[C@H](C)OC(=O)C[C@H](O)C[C@H](O)CC[C@@H](O)[C@H](O)C[C@H](O)C[C@]3(O)C[C@H](O)[C@@H](C(=O)O)[C@H](C[C@@H](O[C@@H]4O[C@H](C)[C@@H](O)[C@H](N)[C@@H]4O)/C=C/C=C/C=C/C=C/C=C/C=C/C=C/[C@@H]2C)O3)O[C@H](CO)[C@@H](O)[C@@H]1O. The normalized spacial score (nSPS) is 45.3. The van der Waals surface area contributed by atoms with Gasteiger partial charge in [-0.05, 0) is 33.1 Å². The Kier molecular flexibility index (Phi) is 27.7. The van der Waals surface area contributed by atoms with E-state index < -0.39 is 196 Å². The third-order valence-corrected chi connectivity index (χ3v) is 14.5. The molecule has 0 aromatic carbocycles. The lowest BCUT2D eigenvalue weighted by Gasteiger charge is -2.45. The second-order valence-electron chi connectivity index (χ2n) is 21.1. The lowest BCUT2D eigenvalue weighted by Crippen LogP contribution is -2.65. The van der Waals surface area contributed by atoms with Crippen LogP contribution in [0.3, 0.4) is 0 Å². The number of esters is 1. The number of ether oxygens (including phenoxy) is 6. The predicted octanol–water partition coefficient (Wildman–Crippen LogP) is -1.32. The summed E-state index contributed by atoms with van der Waals surface area (Å²) in [7, 11) is 0. The number of nitrogens with one attached hydrogen (secondary N) is 1. The maximum Gasteiger partial charge on any atom is 0.311 e. The van der Waals surface area contributed by atoms with Gasteiger partial charge in [-0.1, -0.05) is 98.9 Å². The van der Waals surface area contributed by atoms with Crippen LogP contribution in [0, 0.1) is 17.8 Å². The molecule has 3 saturated heterocycles. The molecule has 0 spiro atoms. The summed E-state index contributed by atoms with van der Waals surface area (Å²) in [6.45, 7) is 7.16. The summed E-state index contributed by atoms with van der Waals surface area (Å²) in [4.78, 5) is 38.0. The molecule has 24 heteroatoms. The third-order valence-electron chi connectivity index (χ3n) is 14.5. The fourth-order valence-electron chi connectivity index (χ4n) is 9.94. The van der Waals surface area contributed by atoms with E-state index >= 15 is 0 Å². The van der Waals surface area contributed by atoms with Crippen LogP contribution in [0.4, 0.5) is 0 Å². The highest BCUT2D eigenvalue weighted by Crippen LogP contribution is 2.38. The van der Waals surface area contributed by atoms with E-state index in [2.05, 4.69) is 5.32 Å². The zero-order chi connectivity index (χ0) is 58.7. The zero-order valence-electron chi connectivity index (χ0n) is 45.3. The van der Waals surface area contributed by atoms with Gasteiger partial charge in [0.1, 0.15) is 42.5 Å². The fraction of sp³-hybridized carbons (Fsp3) is 0.691. The molecule has 2 bridgehead atoms. The molecule has 0 radical (unpaired) electrons. The molecule has 448 valence electrons. The van der Waals surface area contributed by atoms with E-state index in [0.29, 0.717) is 0 Å². The van der Waals surface area contributed by atoms with Crippen molar-refractivity contribution in [1.82, 2.24) is 5.32 Å². The van der Waals surface area contributed by atoms with Gasteiger partial charge in [-0.3, -0.25) is 14.4 Å². The minimum atomic E-state index is -2.37. The first-order valence-electron chi connectivity index (χ1n) is 26.8. The number of fused-ring (bicyclic) bond motifs is 2. The maximum atomic E-state index is 13.2. The van der Waals surface area contributed by atoms with Crippen molar-refractivity contribution in [2.45, 2.75) is 214 Å². The second-order valence-corrected chi connectivity index (χ2v) is 21.1. The molecule has 3 fully saturated rings. The second kappa shape index (κ2) is 32.5. The number of carbonyl (C=O) groups excluding carboxylic acids is 2. The van der Waals surface area contributed by atoms with Gasteiger partial charge in [0, 0.05) is 44.4 Å². The number of hydrogen-bond donors (Lipinski definition) is 15. The molecule has 24 atom stereocenters. The van der Waals surface area contributed by atoms with E-state index in [1.54, 1.807) is 99.8 Å². The van der Waals surface area contributed by atoms with Crippen LogP contribution in [0.5, 0.6) is 0 Å². The Labute approximate surface area is 460 Å². The molecular weight excluding hydrogens is 1040 g/mol. The van der Waals surface area contributed by atoms with Gasteiger partial charge in [0.15, 0.2) is 18.4 Å². The number of carboxylic acid groups (broad SMARTS) is 1. The minimum absolute atomic E-state index is 0.178. The standard InChI is InChI=1S/C55H86N2O22/c1-29-18-16-14-12-10-8-6-7-9-11-13-15-17-19-37(76-54-49(69)45(56)47(67)32(4)75-54)25-41-44(52(71)72)40(65)27-55(73,79-41)26-36(62)23-39(64)38(63)21-20-34(60)22-35(61)24-43(66)74-31(3)30(2)51(29)78-53-46(57-33(5)59)50(70)48(68)42(28-58)77-53/h6-19,29-32,34-42,44-51,53-54,58,60-65,67-70,73H,20-28,56H2,1-5H3,(H,57,59)(H,71,72)/b7-6+,10-8+,11-9+,14-12+,15-13+,18-16+,19-17+/t29-,30-,31-,32+,34+,35+,36-,37-,38+,39+,40-,41-,42+,44+,45-,46+,47+,48+,49-,50+,51+,53?,54-,55+/m0/s1. The van der Waals surface area contributed by atoms with E-state index in [1.807, 2.05) is 0 Å². The lowest BCUT2D eigenvalue weighted by atomic mass is 9.82. The van der Waals surface area contributed by atoms with Crippen molar-refractivity contribution in [2.24, 2.45) is 23.5 Å². The van der Waals surface area contributed by atoms with Crippen molar-refractivity contribution < 1.29 is 109 Å². The fourth-order valence-corrected chi connectivity index (χ4v) is 9.94. The number of hydrogen-bond acceptors (Lipinski definition) is 22. The summed E-state index contributed by atoms with van der Waals surface area (Å²) in [6, 6.07) is -2.44. The molecule has 1 amide bonds. The Balaban J connectivity index is 1.61. The number of nitrogens with two attached hydrogens (primary N) is 1. The van der Waals surface area contributed by atoms with Gasteiger partial charge in [0.05, 0.1) is 86.2 Å². The van der Waals surface area contributed by atoms with Gasteiger partial charge in [-0.25, -0.2) is 0 Å². The van der Waals surface area contributed by atoms with Crippen LogP contribution in [0.25, 0.3) is 0 Å². The topological polar surface area (TPSA) is 408 Å². The van der Waals surface area contributed by atoms with Crippen LogP contribution in [-0.2, 0) is 42.8 Å². The molecule has 0 saturated carbocycles. The third kappa shape index (κ3) is 21.0. The number of aliphatic hydroxyl groups excluding tert-OH is 11. The highest BCUT2D eigenvalue weighted by atomic mass is 16.7. The van der Waals surface area contributed by atoms with Gasteiger partial charge >= 0.3 is 11.9 Å². The van der Waals surface area contributed by atoms with Gasteiger partial charge in [-0.2, -0.15) is 0 Å². The first-order valence-corrected chi connectivity index (χ1v) is 26.8. The average molecular weight is 1130 g/mol. The Bertz CT molecular complexity index is 2100. The lowest BCUT2D eigenvalue weighted by molar-refractivity contribution is -0.308. The van der Waals surface area contributed by atoms with E-state index in [-0.39, 0.29) is 25.7 Å². The number of carbonyl (C=O) groups is 3. The van der Waals surface area contributed by atoms with Gasteiger partial charge < -0.3 is 106 Å². The van der Waals surface area contributed by atoms with Crippen LogP contribution in [0.1, 0.15) is 86.0 Å². The molecule has 79 heavy (non-hydrogen) atoms. The summed E-state index contributed by atoms with van der Waals surface area (Å²) in [5.74, 6) is -7.97. The van der Waals surface area contributed by atoms with Crippen molar-refractivity contribution in [3.63, 3.8) is 0 Å². The van der Waals surface area contributed by atoms with Crippen molar-refractivity contribution >= 4 is 17.8 Å². The molecule has 1 unspecified atom stereocenters. The van der Waals surface area contributed by atoms with Crippen molar-refractivity contribution in [2.75, 3.05) is 6.61 Å². The largest absolute Gasteiger partial charge is 0.481 e. The Morgan fingerprint density at radius 3 is 1.85 bits per heavy atom. The number of aliphatic hydroxyl groups is 12. The number of rotatable bonds is 7. The highest BCUT2D eigenvalue weighted by molar-refractivity contribution is 5.73. The number of carboxylic acids is 1. The molecule has 4 rings (SSSR count). The summed E-state index contributed by atoms with van der Waals surface area (Å²) in [5.41, 5.74) is 6.04. The number of amides is 1. The van der Waals surface area contributed by atoms with Crippen molar-refractivity contribution in [3.8, 4) is 0 Å². The molecule has 4 heterocycles. The Morgan fingerprint density at radius 1 is 0.671 bits per heavy atom. The van der Waals surface area contributed by atoms with Crippen LogP contribution >= 0.6 is 0 Å². The summed E-state index contributed by atoms with van der Waals surface area (Å²) in [6.07, 6.45) is -4.20.